The van der Waals surface area contributed by atoms with Crippen LogP contribution in [0.15, 0.2) is 66.1 Å². The lowest BCUT2D eigenvalue weighted by Crippen LogP contribution is -2.45. The van der Waals surface area contributed by atoms with Crippen LogP contribution in [0.4, 0.5) is 27.6 Å². The standard InChI is InChI=1S/C29H31F5N4O5S/c1-2-44(41,42)28-35-13-21(14-36-28)25(16-39)37-26(40)19-5-10-23(11-6-19)38-15-20(7-12-24(38)17-43-27(30)31)18-3-8-22(9-4-18)29(32,33)34/h3-6,8-11,13-14,20,24-25,27,39H,2,7,12,15-17H2,1H3,(H,37,40)/t20?,24-,25-/m0/s1. The topological polar surface area (TPSA) is 122 Å². The zero-order chi connectivity index (χ0) is 32.1. The van der Waals surface area contributed by atoms with Crippen molar-refractivity contribution in [3.8, 4) is 0 Å². The second-order valence-electron chi connectivity index (χ2n) is 10.3. The monoisotopic (exact) mass is 642 g/mol. The van der Waals surface area contributed by atoms with E-state index in [4.69, 9.17) is 0 Å². The summed E-state index contributed by atoms with van der Waals surface area (Å²) in [4.78, 5) is 22.5. The summed E-state index contributed by atoms with van der Waals surface area (Å²) < 4.78 is 93.3. The van der Waals surface area contributed by atoms with Crippen LogP contribution in [0.25, 0.3) is 0 Å². The lowest BCUT2D eigenvalue weighted by molar-refractivity contribution is -0.137. The van der Waals surface area contributed by atoms with E-state index in [9.17, 15) is 40.3 Å². The van der Waals surface area contributed by atoms with Crippen LogP contribution in [0.1, 0.15) is 58.8 Å². The van der Waals surface area contributed by atoms with Crippen molar-refractivity contribution in [2.75, 3.05) is 30.4 Å². The van der Waals surface area contributed by atoms with Crippen molar-refractivity contribution >= 4 is 21.4 Å². The number of ether oxygens (including phenoxy) is 1. The fourth-order valence-corrected chi connectivity index (χ4v) is 5.68. The number of hydrogen-bond acceptors (Lipinski definition) is 8. The minimum Gasteiger partial charge on any atom is -0.394 e. The molecule has 3 aromatic rings. The molecule has 238 valence electrons. The molecule has 1 aromatic heterocycles. The third-order valence-electron chi connectivity index (χ3n) is 7.49. The Morgan fingerprint density at radius 3 is 2.25 bits per heavy atom. The molecule has 15 heteroatoms. The number of aliphatic hydroxyl groups excluding tert-OH is 1. The van der Waals surface area contributed by atoms with Gasteiger partial charge in [-0.1, -0.05) is 19.1 Å². The first-order chi connectivity index (χ1) is 20.8. The summed E-state index contributed by atoms with van der Waals surface area (Å²) in [6.45, 7) is -1.97. The van der Waals surface area contributed by atoms with Crippen molar-refractivity contribution in [3.63, 3.8) is 0 Å². The number of amides is 1. The van der Waals surface area contributed by atoms with Crippen LogP contribution in [0.3, 0.4) is 0 Å². The van der Waals surface area contributed by atoms with Gasteiger partial charge in [0, 0.05) is 41.7 Å². The number of piperidine rings is 1. The van der Waals surface area contributed by atoms with Gasteiger partial charge in [-0.25, -0.2) is 18.4 Å². The Hall–Kier alpha value is -3.69. The first kappa shape index (κ1) is 33.2. The summed E-state index contributed by atoms with van der Waals surface area (Å²) in [6.07, 6.45) is -1.04. The van der Waals surface area contributed by atoms with Gasteiger partial charge in [-0.3, -0.25) is 4.79 Å². The highest BCUT2D eigenvalue weighted by Gasteiger charge is 2.33. The maximum atomic E-state index is 13.0. The smallest absolute Gasteiger partial charge is 0.394 e. The van der Waals surface area contributed by atoms with Gasteiger partial charge in [0.15, 0.2) is 0 Å². The minimum absolute atomic E-state index is 0.172. The summed E-state index contributed by atoms with van der Waals surface area (Å²) in [5, 5.41) is 12.1. The summed E-state index contributed by atoms with van der Waals surface area (Å²) in [5.74, 6) is -0.913. The Kier molecular flexibility index (Phi) is 10.5. The Balaban J connectivity index is 1.49. The van der Waals surface area contributed by atoms with Crippen LogP contribution >= 0.6 is 0 Å². The first-order valence-electron chi connectivity index (χ1n) is 13.7. The third-order valence-corrected chi connectivity index (χ3v) is 9.02. The molecule has 0 spiro atoms. The number of halogens is 5. The largest absolute Gasteiger partial charge is 0.416 e. The molecule has 2 heterocycles. The Labute approximate surface area is 251 Å². The maximum Gasteiger partial charge on any atom is 0.416 e. The van der Waals surface area contributed by atoms with E-state index >= 15 is 0 Å². The maximum absolute atomic E-state index is 13.0. The molecule has 1 amide bonds. The predicted molar refractivity (Wildman–Crippen MR) is 150 cm³/mol. The normalized spacial score (nSPS) is 18.3. The van der Waals surface area contributed by atoms with Gasteiger partial charge < -0.3 is 20.1 Å². The molecule has 0 saturated carbocycles. The highest BCUT2D eigenvalue weighted by atomic mass is 32.2. The van der Waals surface area contributed by atoms with Gasteiger partial charge in [0.25, 0.3) is 5.91 Å². The SMILES string of the molecule is CCS(=O)(=O)c1ncc([C@H](CO)NC(=O)c2ccc(N3CC(c4ccc(C(F)(F)F)cc4)CC[C@H]3COC(F)F)cc2)cn1. The lowest BCUT2D eigenvalue weighted by atomic mass is 9.86. The second-order valence-corrected chi connectivity index (χ2v) is 12.4. The van der Waals surface area contributed by atoms with Gasteiger partial charge in [0.05, 0.1) is 36.6 Å². The molecule has 9 nitrogen and oxygen atoms in total. The average molecular weight is 643 g/mol. The van der Waals surface area contributed by atoms with Crippen LogP contribution < -0.4 is 10.2 Å². The molecular formula is C29H31F5N4O5S. The molecule has 2 aromatic carbocycles. The van der Waals surface area contributed by atoms with E-state index in [1.807, 2.05) is 4.90 Å². The van der Waals surface area contributed by atoms with Crippen LogP contribution in [0, 0.1) is 0 Å². The molecule has 44 heavy (non-hydrogen) atoms. The molecular weight excluding hydrogens is 611 g/mol. The van der Waals surface area contributed by atoms with E-state index in [0.717, 1.165) is 12.1 Å². The number of alkyl halides is 5. The highest BCUT2D eigenvalue weighted by Crippen LogP contribution is 2.36. The molecule has 0 bridgehead atoms. The quantitative estimate of drug-likeness (QED) is 0.227. The summed E-state index contributed by atoms with van der Waals surface area (Å²) in [7, 11) is -3.63. The predicted octanol–water partition coefficient (Wildman–Crippen LogP) is 4.74. The highest BCUT2D eigenvalue weighted by molar-refractivity contribution is 7.91. The Morgan fingerprint density at radius 1 is 1.07 bits per heavy atom. The van der Waals surface area contributed by atoms with Crippen LogP contribution in [-0.4, -0.2) is 67.6 Å². The van der Waals surface area contributed by atoms with E-state index in [1.165, 1.54) is 43.6 Å². The minimum atomic E-state index is -4.46. The van der Waals surface area contributed by atoms with Crippen molar-refractivity contribution < 1.29 is 45.0 Å². The Morgan fingerprint density at radius 2 is 1.70 bits per heavy atom. The zero-order valence-electron chi connectivity index (χ0n) is 23.5. The van der Waals surface area contributed by atoms with E-state index < -0.39 is 52.8 Å². The van der Waals surface area contributed by atoms with E-state index in [0.29, 0.717) is 30.6 Å². The van der Waals surface area contributed by atoms with Crippen molar-refractivity contribution in [2.45, 2.75) is 55.7 Å². The van der Waals surface area contributed by atoms with Crippen molar-refractivity contribution in [1.82, 2.24) is 15.3 Å². The molecule has 2 N–H and O–H groups in total. The van der Waals surface area contributed by atoms with Crippen molar-refractivity contribution in [3.05, 3.63) is 83.2 Å². The Bertz CT molecular complexity index is 1510. The molecule has 1 fully saturated rings. The third kappa shape index (κ3) is 8.07. The number of rotatable bonds is 11. The zero-order valence-corrected chi connectivity index (χ0v) is 24.4. The van der Waals surface area contributed by atoms with Crippen LogP contribution in [0.2, 0.25) is 0 Å². The fraction of sp³-hybridized carbons (Fsp3) is 0.414. The number of carbonyl (C=O) groups excluding carboxylic acids is 1. The molecule has 1 saturated heterocycles. The lowest BCUT2D eigenvalue weighted by Gasteiger charge is -2.41. The number of hydrogen-bond donors (Lipinski definition) is 2. The summed E-state index contributed by atoms with van der Waals surface area (Å²) in [5.41, 5.74) is 1.03. The molecule has 1 unspecified atom stereocenters. The van der Waals surface area contributed by atoms with E-state index in [2.05, 4.69) is 20.0 Å². The fourth-order valence-electron chi connectivity index (χ4n) is 4.99. The molecule has 3 atom stereocenters. The van der Waals surface area contributed by atoms with Crippen LogP contribution in [-0.2, 0) is 20.8 Å². The second kappa shape index (κ2) is 13.9. The number of sulfone groups is 1. The number of carbonyl (C=O) groups is 1. The van der Waals surface area contributed by atoms with Gasteiger partial charge in [-0.05, 0) is 54.8 Å². The van der Waals surface area contributed by atoms with Gasteiger partial charge in [-0.2, -0.15) is 22.0 Å². The number of benzene rings is 2. The number of aromatic nitrogens is 2. The van der Waals surface area contributed by atoms with Gasteiger partial charge in [0.1, 0.15) is 0 Å². The van der Waals surface area contributed by atoms with E-state index in [-0.39, 0.29) is 34.6 Å². The molecule has 4 rings (SSSR count). The molecule has 1 aliphatic heterocycles. The van der Waals surface area contributed by atoms with Crippen LogP contribution in [0.5, 0.6) is 0 Å². The number of aliphatic hydroxyl groups is 1. The average Bonchev–Trinajstić information content (AvgIpc) is 3.02. The summed E-state index contributed by atoms with van der Waals surface area (Å²) in [6, 6.07) is 9.80. The molecule has 0 aliphatic carbocycles. The molecule has 1 aliphatic rings. The van der Waals surface area contributed by atoms with Crippen molar-refractivity contribution in [2.24, 2.45) is 0 Å². The summed E-state index contributed by atoms with van der Waals surface area (Å²) >= 11 is 0. The molecule has 0 radical (unpaired) electrons. The van der Waals surface area contributed by atoms with Gasteiger partial charge in [0.2, 0.25) is 15.0 Å². The van der Waals surface area contributed by atoms with E-state index in [1.54, 1.807) is 12.1 Å². The van der Waals surface area contributed by atoms with Crippen molar-refractivity contribution in [1.29, 1.82) is 0 Å². The number of nitrogens with zero attached hydrogens (tertiary/aromatic N) is 3. The number of anilines is 1. The van der Waals surface area contributed by atoms with Gasteiger partial charge >= 0.3 is 12.8 Å². The first-order valence-corrected chi connectivity index (χ1v) is 15.4. The number of nitrogens with one attached hydrogen (secondary N) is 1. The van der Waals surface area contributed by atoms with Gasteiger partial charge in [-0.15, -0.1) is 0 Å².